The lowest BCUT2D eigenvalue weighted by molar-refractivity contribution is -0.138. The Balaban J connectivity index is 1.51. The van der Waals surface area contributed by atoms with Gasteiger partial charge in [0.2, 0.25) is 0 Å². The number of fused-ring (bicyclic) bond motifs is 1. The van der Waals surface area contributed by atoms with Crippen LogP contribution in [0, 0.1) is 6.92 Å². The third-order valence-electron chi connectivity index (χ3n) is 5.76. The van der Waals surface area contributed by atoms with Crippen LogP contribution in [0.5, 0.6) is 5.75 Å². The quantitative estimate of drug-likeness (QED) is 0.361. The highest BCUT2D eigenvalue weighted by Crippen LogP contribution is 2.43. The van der Waals surface area contributed by atoms with E-state index in [0.29, 0.717) is 16.3 Å². The van der Waals surface area contributed by atoms with Crippen LogP contribution in [-0.2, 0) is 23.1 Å². The minimum absolute atomic E-state index is 0.0143. The summed E-state index contributed by atoms with van der Waals surface area (Å²) in [4.78, 5) is 17.7. The molecule has 0 fully saturated rings. The lowest BCUT2D eigenvalue weighted by Gasteiger charge is -2.14. The highest BCUT2D eigenvalue weighted by Gasteiger charge is 2.30. The number of alkyl halides is 3. The van der Waals surface area contributed by atoms with Crippen molar-refractivity contribution in [1.29, 1.82) is 0 Å². The number of aliphatic carboxylic acids is 1. The van der Waals surface area contributed by atoms with Gasteiger partial charge in [0, 0.05) is 21.1 Å². The van der Waals surface area contributed by atoms with E-state index in [1.54, 1.807) is 18.9 Å². The maximum absolute atomic E-state index is 12.8. The first-order chi connectivity index (χ1) is 15.7. The fourth-order valence-corrected chi connectivity index (χ4v) is 6.31. The number of nitrogens with zero attached hydrogens (tertiary/aromatic N) is 1. The van der Waals surface area contributed by atoms with Crippen LogP contribution in [0.4, 0.5) is 13.2 Å². The summed E-state index contributed by atoms with van der Waals surface area (Å²) in [5, 5.41) is 9.85. The van der Waals surface area contributed by atoms with E-state index in [-0.39, 0.29) is 12.3 Å². The molecule has 1 aliphatic rings. The molecular formula is C24H22F3NO3S2. The second-order valence-corrected chi connectivity index (χ2v) is 10.0. The summed E-state index contributed by atoms with van der Waals surface area (Å²) < 4.78 is 44.0. The van der Waals surface area contributed by atoms with Gasteiger partial charge in [0.25, 0.3) is 0 Å². The number of ether oxygens (including phenoxy) is 1. The summed E-state index contributed by atoms with van der Waals surface area (Å²) in [6.07, 6.45) is -2.57. The van der Waals surface area contributed by atoms with Crippen LogP contribution in [0.25, 0.3) is 10.6 Å². The number of halogens is 3. The number of carbonyl (C=O) groups is 1. The van der Waals surface area contributed by atoms with Crippen molar-refractivity contribution in [1.82, 2.24) is 4.98 Å². The molecule has 1 N–H and O–H groups in total. The molecular weight excluding hydrogens is 471 g/mol. The molecule has 0 radical (unpaired) electrons. The first-order valence-corrected chi connectivity index (χ1v) is 12.1. The zero-order valence-corrected chi connectivity index (χ0v) is 19.7. The summed E-state index contributed by atoms with van der Waals surface area (Å²) in [5.41, 5.74) is 3.05. The molecule has 0 saturated carbocycles. The molecule has 1 atom stereocenters. The summed E-state index contributed by atoms with van der Waals surface area (Å²) in [5.74, 6) is 0.592. The predicted octanol–water partition coefficient (Wildman–Crippen LogP) is 6.94. The van der Waals surface area contributed by atoms with E-state index < -0.39 is 17.7 Å². The van der Waals surface area contributed by atoms with Gasteiger partial charge in [-0.3, -0.25) is 4.79 Å². The van der Waals surface area contributed by atoms with E-state index in [2.05, 4.69) is 11.1 Å². The Bertz CT molecular complexity index is 1170. The van der Waals surface area contributed by atoms with E-state index in [4.69, 9.17) is 9.84 Å². The van der Waals surface area contributed by atoms with Crippen molar-refractivity contribution in [2.75, 3.05) is 7.11 Å². The van der Waals surface area contributed by atoms with Crippen LogP contribution >= 0.6 is 23.1 Å². The van der Waals surface area contributed by atoms with Crippen LogP contribution in [0.1, 0.15) is 46.0 Å². The van der Waals surface area contributed by atoms with Gasteiger partial charge in [-0.25, -0.2) is 4.98 Å². The van der Waals surface area contributed by atoms with Crippen LogP contribution in [0.3, 0.4) is 0 Å². The molecule has 0 aliphatic heterocycles. The molecule has 2 aromatic carbocycles. The predicted molar refractivity (Wildman–Crippen MR) is 123 cm³/mol. The Labute approximate surface area is 197 Å². The number of carboxylic acid groups (broad SMARTS) is 1. The molecule has 1 aromatic heterocycles. The van der Waals surface area contributed by atoms with Crippen LogP contribution in [-0.4, -0.2) is 23.2 Å². The summed E-state index contributed by atoms with van der Waals surface area (Å²) >= 11 is 3.09. The number of hydrogen-bond donors (Lipinski definition) is 1. The number of aryl methyl sites for hydroxylation is 2. The average Bonchev–Trinajstić information content (AvgIpc) is 3.33. The number of aromatic nitrogens is 1. The van der Waals surface area contributed by atoms with Gasteiger partial charge in [-0.1, -0.05) is 12.1 Å². The molecule has 3 aromatic rings. The molecule has 0 saturated heterocycles. The highest BCUT2D eigenvalue weighted by molar-refractivity contribution is 7.98. The molecule has 4 rings (SSSR count). The first-order valence-electron chi connectivity index (χ1n) is 10.3. The zero-order valence-electron chi connectivity index (χ0n) is 18.0. The van der Waals surface area contributed by atoms with Crippen molar-refractivity contribution in [2.24, 2.45) is 0 Å². The first kappa shape index (κ1) is 23.6. The molecule has 1 aliphatic carbocycles. The normalized spacial score (nSPS) is 15.5. The molecule has 0 amide bonds. The Morgan fingerprint density at radius 1 is 1.27 bits per heavy atom. The molecule has 4 nitrogen and oxygen atoms in total. The highest BCUT2D eigenvalue weighted by atomic mass is 32.2. The molecule has 174 valence electrons. The average molecular weight is 494 g/mol. The number of rotatable bonds is 7. The minimum atomic E-state index is -4.36. The zero-order chi connectivity index (χ0) is 23.8. The van der Waals surface area contributed by atoms with Crippen LogP contribution < -0.4 is 4.74 Å². The second-order valence-electron chi connectivity index (χ2n) is 7.93. The third-order valence-corrected chi connectivity index (χ3v) is 8.21. The SMILES string of the molecule is COc1cc2c(cc1SCc1sc(-c3ccc(C(F)(F)F)cc3)nc1C)CCC2CC(=O)O. The van der Waals surface area contributed by atoms with Gasteiger partial charge in [0.05, 0.1) is 24.8 Å². The van der Waals surface area contributed by atoms with E-state index in [9.17, 15) is 18.0 Å². The van der Waals surface area contributed by atoms with E-state index >= 15 is 0 Å². The van der Waals surface area contributed by atoms with Gasteiger partial charge in [-0.15, -0.1) is 23.1 Å². The smallest absolute Gasteiger partial charge is 0.416 e. The lowest BCUT2D eigenvalue weighted by Crippen LogP contribution is -2.03. The molecule has 0 bridgehead atoms. The topological polar surface area (TPSA) is 59.4 Å². The van der Waals surface area contributed by atoms with E-state index in [1.807, 2.05) is 13.0 Å². The van der Waals surface area contributed by atoms with Gasteiger partial charge >= 0.3 is 12.1 Å². The lowest BCUT2D eigenvalue weighted by atomic mass is 9.98. The van der Waals surface area contributed by atoms with Crippen LogP contribution in [0.2, 0.25) is 0 Å². The number of thiazole rings is 1. The van der Waals surface area contributed by atoms with Gasteiger partial charge in [-0.05, 0) is 61.1 Å². The van der Waals surface area contributed by atoms with Crippen molar-refractivity contribution in [3.05, 3.63) is 63.7 Å². The molecule has 33 heavy (non-hydrogen) atoms. The van der Waals surface area contributed by atoms with Gasteiger partial charge < -0.3 is 9.84 Å². The van der Waals surface area contributed by atoms with Crippen molar-refractivity contribution in [3.63, 3.8) is 0 Å². The largest absolute Gasteiger partial charge is 0.496 e. The van der Waals surface area contributed by atoms with Gasteiger partial charge in [0.1, 0.15) is 10.8 Å². The number of carboxylic acids is 1. The van der Waals surface area contributed by atoms with Crippen LogP contribution in [0.15, 0.2) is 41.3 Å². The Hall–Kier alpha value is -2.52. The minimum Gasteiger partial charge on any atom is -0.496 e. The number of benzene rings is 2. The number of methoxy groups -OCH3 is 1. The van der Waals surface area contributed by atoms with E-state index in [0.717, 1.165) is 57.3 Å². The fraction of sp³-hybridized carbons (Fsp3) is 0.333. The fourth-order valence-electron chi connectivity index (χ4n) is 4.03. The summed E-state index contributed by atoms with van der Waals surface area (Å²) in [6.45, 7) is 1.90. The van der Waals surface area contributed by atoms with Crippen molar-refractivity contribution >= 4 is 29.1 Å². The standard InChI is InChI=1S/C24H22F3NO3S2/c1-13-21(33-23(28-13)14-5-7-17(8-6-14)24(25,26)27)12-32-20-9-15-3-4-16(10-22(29)30)18(15)11-19(20)31-2/h5-9,11,16H,3-4,10,12H2,1-2H3,(H,29,30). The van der Waals surface area contributed by atoms with Crippen molar-refractivity contribution in [3.8, 4) is 16.3 Å². The summed E-state index contributed by atoms with van der Waals surface area (Å²) in [6, 6.07) is 9.12. The summed E-state index contributed by atoms with van der Waals surface area (Å²) in [7, 11) is 1.60. The maximum Gasteiger partial charge on any atom is 0.416 e. The van der Waals surface area contributed by atoms with Crippen molar-refractivity contribution in [2.45, 2.75) is 48.9 Å². The third kappa shape index (κ3) is 5.19. The Morgan fingerprint density at radius 3 is 2.64 bits per heavy atom. The molecule has 0 spiro atoms. The van der Waals surface area contributed by atoms with Gasteiger partial charge in [0.15, 0.2) is 0 Å². The second kappa shape index (κ2) is 9.38. The number of hydrogen-bond acceptors (Lipinski definition) is 5. The molecule has 9 heteroatoms. The van der Waals surface area contributed by atoms with Gasteiger partial charge in [-0.2, -0.15) is 13.2 Å². The number of thioether (sulfide) groups is 1. The Morgan fingerprint density at radius 2 is 2.00 bits per heavy atom. The van der Waals surface area contributed by atoms with E-state index in [1.165, 1.54) is 23.5 Å². The molecule has 1 heterocycles. The monoisotopic (exact) mass is 493 g/mol. The Kier molecular flexibility index (Phi) is 6.72. The molecule has 1 unspecified atom stereocenters. The maximum atomic E-state index is 12.8. The van der Waals surface area contributed by atoms with Crippen molar-refractivity contribution < 1.29 is 27.8 Å².